The molecule has 1 aromatic heterocycles. The van der Waals surface area contributed by atoms with Gasteiger partial charge in [-0.1, -0.05) is 11.3 Å². The van der Waals surface area contributed by atoms with Gasteiger partial charge in [0.2, 0.25) is 10.5 Å². The second-order valence-electron chi connectivity index (χ2n) is 4.06. The fraction of sp³-hybridized carbons (Fsp3) is 0.364. The van der Waals surface area contributed by atoms with E-state index in [2.05, 4.69) is 0 Å². The van der Waals surface area contributed by atoms with Gasteiger partial charge in [0, 0.05) is 13.3 Å². The highest BCUT2D eigenvalue weighted by Gasteiger charge is 2.18. The van der Waals surface area contributed by atoms with Crippen LogP contribution in [0.25, 0.3) is 10.2 Å². The molecule has 0 aliphatic rings. The lowest BCUT2D eigenvalue weighted by Gasteiger charge is -1.97. The fourth-order valence-electron chi connectivity index (χ4n) is 1.87. The minimum absolute atomic E-state index is 0.184. The predicted molar refractivity (Wildman–Crippen MR) is 69.5 cm³/mol. The summed E-state index contributed by atoms with van der Waals surface area (Å²) in [4.78, 5) is 0. The van der Waals surface area contributed by atoms with Gasteiger partial charge in [-0.2, -0.15) is 13.0 Å². The molecule has 0 radical (unpaired) electrons. The number of hydrogen-bond donors (Lipinski definition) is 2. The van der Waals surface area contributed by atoms with Crippen LogP contribution in [0.4, 0.5) is 0 Å². The highest BCUT2D eigenvalue weighted by atomic mass is 32.2. The van der Waals surface area contributed by atoms with Crippen LogP contribution < -0.4 is 4.57 Å². The molecule has 2 aromatic rings. The Bertz CT molecular complexity index is 676. The van der Waals surface area contributed by atoms with E-state index in [-0.39, 0.29) is 11.5 Å². The first-order valence-corrected chi connectivity index (χ1v) is 7.86. The summed E-state index contributed by atoms with van der Waals surface area (Å²) < 4.78 is 33.0. The van der Waals surface area contributed by atoms with E-state index in [4.69, 9.17) is 4.55 Å². The molecule has 0 bridgehead atoms. The van der Waals surface area contributed by atoms with Crippen LogP contribution in [0.3, 0.4) is 0 Å². The number of fused-ring (bicyclic) bond motifs is 1. The maximum absolute atomic E-state index is 10.7. The van der Waals surface area contributed by atoms with Crippen molar-refractivity contribution in [2.75, 3.05) is 5.75 Å². The Kier molecular flexibility index (Phi) is 3.56. The summed E-state index contributed by atoms with van der Waals surface area (Å²) >= 11 is 1.59. The maximum atomic E-state index is 10.7. The standard InChI is InChI=1S/C11H13NO4S2/c1-8-12(5-2-6-18(14,15)16)10-7-9(13)3-4-11(10)17-8/h3-4,7H,2,5-6H2,1H3,(H-,13,14,15,16)/p+1. The topological polar surface area (TPSA) is 78.5 Å². The molecule has 0 atom stereocenters. The van der Waals surface area contributed by atoms with Gasteiger partial charge in [-0.25, -0.2) is 0 Å². The van der Waals surface area contributed by atoms with Crippen molar-refractivity contribution >= 4 is 31.7 Å². The predicted octanol–water partition coefficient (Wildman–Crippen LogP) is 1.48. The molecule has 2 N–H and O–H groups in total. The highest BCUT2D eigenvalue weighted by molar-refractivity contribution is 7.85. The second kappa shape index (κ2) is 4.83. The molecule has 0 spiro atoms. The van der Waals surface area contributed by atoms with Gasteiger partial charge in [0.15, 0.2) is 6.54 Å². The average molecular weight is 288 g/mol. The van der Waals surface area contributed by atoms with Crippen molar-refractivity contribution < 1.29 is 22.6 Å². The lowest BCUT2D eigenvalue weighted by Crippen LogP contribution is -2.35. The first-order chi connectivity index (χ1) is 8.37. The summed E-state index contributed by atoms with van der Waals surface area (Å²) in [6.45, 7) is 2.43. The summed E-state index contributed by atoms with van der Waals surface area (Å²) in [6, 6.07) is 5.12. The Morgan fingerprint density at radius 1 is 1.39 bits per heavy atom. The largest absolute Gasteiger partial charge is 0.508 e. The quantitative estimate of drug-likeness (QED) is 0.660. The second-order valence-corrected chi connectivity index (χ2v) is 6.87. The van der Waals surface area contributed by atoms with Gasteiger partial charge in [0.05, 0.1) is 11.8 Å². The number of aromatic nitrogens is 1. The van der Waals surface area contributed by atoms with E-state index in [1.165, 1.54) is 0 Å². The molecule has 5 nitrogen and oxygen atoms in total. The van der Waals surface area contributed by atoms with Gasteiger partial charge in [0.25, 0.3) is 10.1 Å². The number of phenolic OH excluding ortho intramolecular Hbond substituents is 1. The van der Waals surface area contributed by atoms with Crippen LogP contribution in [0, 0.1) is 6.92 Å². The van der Waals surface area contributed by atoms with Gasteiger partial charge >= 0.3 is 0 Å². The number of phenols is 1. The molecule has 7 heteroatoms. The van der Waals surface area contributed by atoms with E-state index >= 15 is 0 Å². The molecule has 0 saturated heterocycles. The Morgan fingerprint density at radius 3 is 2.78 bits per heavy atom. The summed E-state index contributed by atoms with van der Waals surface area (Å²) in [6.07, 6.45) is 0.339. The molecule has 0 amide bonds. The van der Waals surface area contributed by atoms with Crippen LogP contribution in [0.1, 0.15) is 11.4 Å². The number of rotatable bonds is 4. The summed E-state index contributed by atoms with van der Waals surface area (Å²) in [5, 5.41) is 10.5. The first kappa shape index (κ1) is 13.3. The van der Waals surface area contributed by atoms with Gasteiger partial charge < -0.3 is 5.11 Å². The fourth-order valence-corrected chi connectivity index (χ4v) is 3.39. The molecule has 1 heterocycles. The van der Waals surface area contributed by atoms with Crippen molar-refractivity contribution in [3.05, 3.63) is 23.2 Å². The van der Waals surface area contributed by atoms with Gasteiger partial charge in [-0.3, -0.25) is 4.55 Å². The van der Waals surface area contributed by atoms with E-state index in [0.29, 0.717) is 13.0 Å². The molecule has 0 saturated carbocycles. The highest BCUT2D eigenvalue weighted by Crippen LogP contribution is 2.23. The Balaban J connectivity index is 2.27. The summed E-state index contributed by atoms with van der Waals surface area (Å²) in [5.41, 5.74) is 0.882. The van der Waals surface area contributed by atoms with Gasteiger partial charge in [-0.15, -0.1) is 0 Å². The van der Waals surface area contributed by atoms with Crippen molar-refractivity contribution in [3.8, 4) is 5.75 Å². The molecule has 2 rings (SSSR count). The zero-order valence-electron chi connectivity index (χ0n) is 9.83. The van der Waals surface area contributed by atoms with Crippen molar-refractivity contribution in [2.24, 2.45) is 0 Å². The number of aromatic hydroxyl groups is 1. The van der Waals surface area contributed by atoms with Gasteiger partial charge in [-0.05, 0) is 12.1 Å². The van der Waals surface area contributed by atoms with Crippen molar-refractivity contribution in [2.45, 2.75) is 19.9 Å². The maximum Gasteiger partial charge on any atom is 0.265 e. The smallest absolute Gasteiger partial charge is 0.265 e. The van der Waals surface area contributed by atoms with Crippen LogP contribution in [0.5, 0.6) is 5.75 Å². The molecular weight excluding hydrogens is 274 g/mol. The van der Waals surface area contributed by atoms with E-state index in [0.717, 1.165) is 15.2 Å². The monoisotopic (exact) mass is 288 g/mol. The number of aryl methyl sites for hydroxylation is 2. The molecule has 0 aliphatic heterocycles. The lowest BCUT2D eigenvalue weighted by atomic mass is 10.3. The molecule has 0 fully saturated rings. The zero-order valence-corrected chi connectivity index (χ0v) is 11.5. The number of thiazole rings is 1. The third-order valence-electron chi connectivity index (χ3n) is 2.66. The van der Waals surface area contributed by atoms with Crippen LogP contribution in [0.15, 0.2) is 18.2 Å². The molecule has 0 aliphatic carbocycles. The third kappa shape index (κ3) is 2.98. The number of nitrogens with zero attached hydrogens (tertiary/aromatic N) is 1. The van der Waals surface area contributed by atoms with Crippen LogP contribution >= 0.6 is 11.3 Å². The van der Waals surface area contributed by atoms with Gasteiger partial charge in [0.1, 0.15) is 10.4 Å². The number of hydrogen-bond acceptors (Lipinski definition) is 4. The van der Waals surface area contributed by atoms with Crippen LogP contribution in [0.2, 0.25) is 0 Å². The zero-order chi connectivity index (χ0) is 13.3. The Hall–Kier alpha value is -1.18. The number of benzene rings is 1. The van der Waals surface area contributed by atoms with Crippen LogP contribution in [-0.2, 0) is 16.7 Å². The van der Waals surface area contributed by atoms with Crippen LogP contribution in [-0.4, -0.2) is 23.8 Å². The normalized spacial score (nSPS) is 12.1. The molecule has 18 heavy (non-hydrogen) atoms. The Labute approximate surface area is 109 Å². The minimum Gasteiger partial charge on any atom is -0.508 e. The van der Waals surface area contributed by atoms with Crippen molar-refractivity contribution in [3.63, 3.8) is 0 Å². The molecule has 0 unspecified atom stereocenters. The van der Waals surface area contributed by atoms with E-state index in [9.17, 15) is 13.5 Å². The van der Waals surface area contributed by atoms with Crippen molar-refractivity contribution in [1.29, 1.82) is 0 Å². The minimum atomic E-state index is -3.91. The van der Waals surface area contributed by atoms with E-state index in [1.807, 2.05) is 17.6 Å². The average Bonchev–Trinajstić information content (AvgIpc) is 2.54. The molecule has 1 aromatic carbocycles. The third-order valence-corrected chi connectivity index (χ3v) is 4.54. The van der Waals surface area contributed by atoms with E-state index in [1.54, 1.807) is 23.5 Å². The van der Waals surface area contributed by atoms with E-state index < -0.39 is 10.1 Å². The SMILES string of the molecule is Cc1sc2ccc(O)cc2[n+]1CCCS(=O)(=O)O. The summed E-state index contributed by atoms with van der Waals surface area (Å²) in [5.74, 6) is -0.0703. The first-order valence-electron chi connectivity index (χ1n) is 5.44. The molecular formula is C11H14NO4S2+. The molecule has 98 valence electrons. The lowest BCUT2D eigenvalue weighted by molar-refractivity contribution is -0.672. The summed E-state index contributed by atoms with van der Waals surface area (Å²) in [7, 11) is -3.91. The Morgan fingerprint density at radius 2 is 2.11 bits per heavy atom. The van der Waals surface area contributed by atoms with Crippen molar-refractivity contribution in [1.82, 2.24) is 0 Å².